The molecule has 0 bridgehead atoms. The minimum absolute atomic E-state index is 0.0130. The minimum Gasteiger partial charge on any atom is -0.385 e. The molecule has 2 N–H and O–H groups in total. The van der Waals surface area contributed by atoms with Crippen molar-refractivity contribution in [2.75, 3.05) is 19.0 Å². The van der Waals surface area contributed by atoms with Crippen LogP contribution in [0.4, 0.5) is 5.69 Å². The summed E-state index contributed by atoms with van der Waals surface area (Å²) in [6.07, 6.45) is 4.39. The first-order valence-electron chi connectivity index (χ1n) is 7.42. The zero-order chi connectivity index (χ0) is 14.4. The Balaban J connectivity index is 1.92. The van der Waals surface area contributed by atoms with E-state index in [0.717, 1.165) is 37.9 Å². The van der Waals surface area contributed by atoms with Crippen molar-refractivity contribution in [3.63, 3.8) is 0 Å². The summed E-state index contributed by atoms with van der Waals surface area (Å²) in [7, 11) is 1.71. The highest BCUT2D eigenvalue weighted by atomic mass is 16.5. The van der Waals surface area contributed by atoms with Crippen LogP contribution in [0, 0.1) is 0 Å². The Kier molecular flexibility index (Phi) is 5.41. The Hall–Kier alpha value is -1.55. The molecule has 4 nitrogen and oxygen atoms in total. The van der Waals surface area contributed by atoms with Gasteiger partial charge < -0.3 is 15.4 Å². The molecule has 1 aromatic carbocycles. The summed E-state index contributed by atoms with van der Waals surface area (Å²) in [6.45, 7) is 3.08. The Morgan fingerprint density at radius 2 is 2.05 bits per heavy atom. The average Bonchev–Trinajstić information content (AvgIpc) is 2.92. The first-order valence-corrected chi connectivity index (χ1v) is 7.42. The topological polar surface area (TPSA) is 50.4 Å². The highest BCUT2D eigenvalue weighted by Crippen LogP contribution is 2.22. The number of ether oxygens (including phenoxy) is 1. The summed E-state index contributed by atoms with van der Waals surface area (Å²) in [5.74, 6) is -0.0130. The van der Waals surface area contributed by atoms with Crippen molar-refractivity contribution in [1.29, 1.82) is 0 Å². The second kappa shape index (κ2) is 7.29. The molecule has 2 atom stereocenters. The third kappa shape index (κ3) is 3.73. The van der Waals surface area contributed by atoms with E-state index >= 15 is 0 Å². The van der Waals surface area contributed by atoms with Gasteiger partial charge in [0, 0.05) is 24.9 Å². The maximum atomic E-state index is 12.2. The van der Waals surface area contributed by atoms with Crippen molar-refractivity contribution in [3.8, 4) is 0 Å². The summed E-state index contributed by atoms with van der Waals surface area (Å²) in [5, 5.41) is 6.37. The van der Waals surface area contributed by atoms with Crippen LogP contribution in [0.1, 0.15) is 43.0 Å². The van der Waals surface area contributed by atoms with Crippen molar-refractivity contribution in [2.24, 2.45) is 0 Å². The van der Waals surface area contributed by atoms with Gasteiger partial charge in [0.1, 0.15) is 0 Å². The molecule has 0 aliphatic heterocycles. The number of benzene rings is 1. The Morgan fingerprint density at radius 1 is 1.30 bits per heavy atom. The zero-order valence-corrected chi connectivity index (χ0v) is 12.3. The van der Waals surface area contributed by atoms with Crippen molar-refractivity contribution in [1.82, 2.24) is 5.32 Å². The van der Waals surface area contributed by atoms with Crippen molar-refractivity contribution < 1.29 is 9.53 Å². The van der Waals surface area contributed by atoms with Gasteiger partial charge in [0.15, 0.2) is 0 Å². The van der Waals surface area contributed by atoms with E-state index in [1.165, 1.54) is 0 Å². The highest BCUT2D eigenvalue weighted by molar-refractivity contribution is 5.94. The SMILES string of the molecule is CCCNc1ccc(C(=O)NC2CCCC2OC)cc1. The number of amides is 1. The standard InChI is InChI=1S/C16H24N2O2/c1-3-11-17-13-9-7-12(8-10-13)16(19)18-14-5-4-6-15(14)20-2/h7-10,14-15,17H,3-6,11H2,1-2H3,(H,18,19). The normalized spacial score (nSPS) is 21.7. The molecule has 1 saturated carbocycles. The van der Waals surface area contributed by atoms with Crippen LogP contribution >= 0.6 is 0 Å². The predicted molar refractivity (Wildman–Crippen MR) is 81.1 cm³/mol. The molecule has 1 amide bonds. The van der Waals surface area contributed by atoms with Gasteiger partial charge in [0.05, 0.1) is 12.1 Å². The summed E-state index contributed by atoms with van der Waals surface area (Å²) < 4.78 is 5.40. The van der Waals surface area contributed by atoms with E-state index in [1.54, 1.807) is 7.11 Å². The van der Waals surface area contributed by atoms with Gasteiger partial charge in [-0.1, -0.05) is 6.92 Å². The summed E-state index contributed by atoms with van der Waals surface area (Å²) in [5.41, 5.74) is 1.76. The fourth-order valence-corrected chi connectivity index (χ4v) is 2.63. The van der Waals surface area contributed by atoms with Crippen molar-refractivity contribution >= 4 is 11.6 Å². The lowest BCUT2D eigenvalue weighted by atomic mass is 10.1. The van der Waals surface area contributed by atoms with Crippen LogP contribution in [-0.2, 0) is 4.74 Å². The smallest absolute Gasteiger partial charge is 0.251 e. The number of methoxy groups -OCH3 is 1. The molecule has 0 heterocycles. The second-order valence-corrected chi connectivity index (χ2v) is 5.29. The monoisotopic (exact) mass is 276 g/mol. The van der Waals surface area contributed by atoms with Gasteiger partial charge in [-0.3, -0.25) is 4.79 Å². The summed E-state index contributed by atoms with van der Waals surface area (Å²) >= 11 is 0. The predicted octanol–water partition coefficient (Wildman–Crippen LogP) is 2.81. The van der Waals surface area contributed by atoms with E-state index in [0.29, 0.717) is 5.56 Å². The second-order valence-electron chi connectivity index (χ2n) is 5.29. The van der Waals surface area contributed by atoms with Gasteiger partial charge in [0.2, 0.25) is 0 Å². The van der Waals surface area contributed by atoms with Gasteiger partial charge in [0.25, 0.3) is 5.91 Å². The molecule has 0 saturated heterocycles. The molecule has 1 aliphatic rings. The number of hydrogen-bond donors (Lipinski definition) is 2. The van der Waals surface area contributed by atoms with Crippen LogP contribution in [0.5, 0.6) is 0 Å². The fraction of sp³-hybridized carbons (Fsp3) is 0.562. The van der Waals surface area contributed by atoms with Crippen molar-refractivity contribution in [2.45, 2.75) is 44.8 Å². The molecule has 1 fully saturated rings. The lowest BCUT2D eigenvalue weighted by Crippen LogP contribution is -2.40. The summed E-state index contributed by atoms with van der Waals surface area (Å²) in [6, 6.07) is 7.78. The van der Waals surface area contributed by atoms with Gasteiger partial charge >= 0.3 is 0 Å². The molecular weight excluding hydrogens is 252 g/mol. The molecule has 110 valence electrons. The van der Waals surface area contributed by atoms with E-state index in [2.05, 4.69) is 17.6 Å². The van der Waals surface area contributed by atoms with Crippen LogP contribution in [0.25, 0.3) is 0 Å². The lowest BCUT2D eigenvalue weighted by molar-refractivity contribution is 0.0722. The van der Waals surface area contributed by atoms with Gasteiger partial charge in [-0.2, -0.15) is 0 Å². The van der Waals surface area contributed by atoms with E-state index in [1.807, 2.05) is 24.3 Å². The Morgan fingerprint density at radius 3 is 2.70 bits per heavy atom. The molecule has 0 radical (unpaired) electrons. The molecular formula is C16H24N2O2. The Bertz CT molecular complexity index is 431. The lowest BCUT2D eigenvalue weighted by Gasteiger charge is -2.19. The average molecular weight is 276 g/mol. The highest BCUT2D eigenvalue weighted by Gasteiger charge is 2.28. The third-order valence-electron chi connectivity index (χ3n) is 3.80. The molecule has 1 aromatic rings. The largest absolute Gasteiger partial charge is 0.385 e. The Labute approximate surface area is 120 Å². The maximum Gasteiger partial charge on any atom is 0.251 e. The quantitative estimate of drug-likeness (QED) is 0.840. The zero-order valence-electron chi connectivity index (χ0n) is 12.3. The number of nitrogens with one attached hydrogen (secondary N) is 2. The fourth-order valence-electron chi connectivity index (χ4n) is 2.63. The van der Waals surface area contributed by atoms with Crippen LogP contribution in [0.2, 0.25) is 0 Å². The first kappa shape index (κ1) is 14.9. The molecule has 4 heteroatoms. The third-order valence-corrected chi connectivity index (χ3v) is 3.80. The first-order chi connectivity index (χ1) is 9.74. The van der Waals surface area contributed by atoms with Gasteiger partial charge in [-0.15, -0.1) is 0 Å². The maximum absolute atomic E-state index is 12.2. The van der Waals surface area contributed by atoms with Crippen LogP contribution in [0.3, 0.4) is 0 Å². The minimum atomic E-state index is -0.0130. The van der Waals surface area contributed by atoms with Crippen LogP contribution < -0.4 is 10.6 Å². The van der Waals surface area contributed by atoms with E-state index in [9.17, 15) is 4.79 Å². The van der Waals surface area contributed by atoms with Gasteiger partial charge in [-0.05, 0) is 49.9 Å². The number of anilines is 1. The van der Waals surface area contributed by atoms with Crippen LogP contribution in [-0.4, -0.2) is 31.7 Å². The number of carbonyl (C=O) groups excluding carboxylic acids is 1. The molecule has 20 heavy (non-hydrogen) atoms. The summed E-state index contributed by atoms with van der Waals surface area (Å²) in [4.78, 5) is 12.2. The van der Waals surface area contributed by atoms with E-state index in [4.69, 9.17) is 4.74 Å². The van der Waals surface area contributed by atoms with E-state index in [-0.39, 0.29) is 18.1 Å². The van der Waals surface area contributed by atoms with Crippen LogP contribution in [0.15, 0.2) is 24.3 Å². The van der Waals surface area contributed by atoms with Gasteiger partial charge in [-0.25, -0.2) is 0 Å². The molecule has 2 rings (SSSR count). The number of carbonyl (C=O) groups is 1. The van der Waals surface area contributed by atoms with Crippen molar-refractivity contribution in [3.05, 3.63) is 29.8 Å². The molecule has 0 spiro atoms. The molecule has 2 unspecified atom stereocenters. The number of rotatable bonds is 6. The van der Waals surface area contributed by atoms with E-state index < -0.39 is 0 Å². The molecule has 1 aliphatic carbocycles. The molecule has 0 aromatic heterocycles. The number of hydrogen-bond acceptors (Lipinski definition) is 3.